The first-order valence-electron chi connectivity index (χ1n) is 8.85. The first-order chi connectivity index (χ1) is 13.1. The summed E-state index contributed by atoms with van der Waals surface area (Å²) in [4.78, 5) is 39.4. The number of nitrogens with zero attached hydrogens (tertiary/aromatic N) is 2. The van der Waals surface area contributed by atoms with Gasteiger partial charge in [0.15, 0.2) is 11.6 Å². The second-order valence-electron chi connectivity index (χ2n) is 7.59. The summed E-state index contributed by atoms with van der Waals surface area (Å²) in [6, 6.07) is 3.12. The van der Waals surface area contributed by atoms with Gasteiger partial charge in [0.2, 0.25) is 0 Å². The van der Waals surface area contributed by atoms with Crippen LogP contribution >= 0.6 is 0 Å². The zero-order valence-electron chi connectivity index (χ0n) is 15.8. The third-order valence-electron chi connectivity index (χ3n) is 4.32. The molecule has 0 bridgehead atoms. The quantitative estimate of drug-likeness (QED) is 0.807. The maximum atomic E-state index is 13.4. The highest BCUT2D eigenvalue weighted by Crippen LogP contribution is 2.26. The Morgan fingerprint density at radius 3 is 2.25 bits per heavy atom. The Balaban J connectivity index is 1.70. The van der Waals surface area contributed by atoms with E-state index in [2.05, 4.69) is 5.32 Å². The third kappa shape index (κ3) is 3.97. The molecule has 150 valence electrons. The number of anilines is 3. The predicted octanol–water partition coefficient (Wildman–Crippen LogP) is 2.36. The Morgan fingerprint density at radius 2 is 1.68 bits per heavy atom. The lowest BCUT2D eigenvalue weighted by molar-refractivity contribution is 0.0240. The van der Waals surface area contributed by atoms with E-state index in [0.29, 0.717) is 26.2 Å². The lowest BCUT2D eigenvalue weighted by atomic mass is 10.1. The average Bonchev–Trinajstić information content (AvgIpc) is 2.63. The minimum absolute atomic E-state index is 0.0433. The van der Waals surface area contributed by atoms with Crippen molar-refractivity contribution in [2.75, 3.05) is 36.4 Å². The molecule has 0 spiro atoms. The maximum absolute atomic E-state index is 13.4. The Hall–Kier alpha value is -2.97. The number of nitrogens with one attached hydrogen (secondary N) is 1. The number of benzene rings is 1. The van der Waals surface area contributed by atoms with E-state index < -0.39 is 34.2 Å². The zero-order chi connectivity index (χ0) is 20.6. The molecule has 9 heteroatoms. The van der Waals surface area contributed by atoms with E-state index in [4.69, 9.17) is 4.74 Å². The fourth-order valence-electron chi connectivity index (χ4n) is 2.95. The van der Waals surface area contributed by atoms with E-state index in [1.54, 1.807) is 25.7 Å². The topological polar surface area (TPSA) is 79.0 Å². The average molecular weight is 393 g/mol. The Morgan fingerprint density at radius 1 is 1.04 bits per heavy atom. The fourth-order valence-corrected chi connectivity index (χ4v) is 2.95. The molecule has 0 aromatic heterocycles. The largest absolute Gasteiger partial charge is 0.444 e. The van der Waals surface area contributed by atoms with Crippen LogP contribution in [-0.4, -0.2) is 42.8 Å². The van der Waals surface area contributed by atoms with Gasteiger partial charge in [-0.05, 0) is 32.9 Å². The van der Waals surface area contributed by atoms with Crippen molar-refractivity contribution in [3.05, 3.63) is 50.3 Å². The molecule has 7 nitrogen and oxygen atoms in total. The highest BCUT2D eigenvalue weighted by atomic mass is 19.2. The molecule has 1 aliphatic rings. The van der Waals surface area contributed by atoms with Crippen LogP contribution < -0.4 is 21.1 Å². The highest BCUT2D eigenvalue weighted by Gasteiger charge is 2.31. The predicted molar refractivity (Wildman–Crippen MR) is 101 cm³/mol. The van der Waals surface area contributed by atoms with Gasteiger partial charge in [0.25, 0.3) is 10.9 Å². The molecule has 1 amide bonds. The van der Waals surface area contributed by atoms with Crippen molar-refractivity contribution in [1.29, 1.82) is 0 Å². The van der Waals surface area contributed by atoms with Gasteiger partial charge in [-0.25, -0.2) is 13.6 Å². The van der Waals surface area contributed by atoms with Gasteiger partial charge in [0, 0.05) is 37.9 Å². The van der Waals surface area contributed by atoms with Gasteiger partial charge < -0.3 is 19.9 Å². The lowest BCUT2D eigenvalue weighted by Gasteiger charge is -2.37. The molecule has 3 rings (SSSR count). The van der Waals surface area contributed by atoms with E-state index in [0.717, 1.165) is 12.1 Å². The molecule has 1 saturated heterocycles. The van der Waals surface area contributed by atoms with Gasteiger partial charge in [-0.15, -0.1) is 0 Å². The minimum Gasteiger partial charge on any atom is -0.444 e. The van der Waals surface area contributed by atoms with Gasteiger partial charge in [0.05, 0.1) is 0 Å². The molecule has 2 aromatic rings. The molecule has 2 aromatic carbocycles. The second-order valence-corrected chi connectivity index (χ2v) is 7.59. The molecule has 0 unspecified atom stereocenters. The summed E-state index contributed by atoms with van der Waals surface area (Å²) in [6.07, 6.45) is -0.433. The monoisotopic (exact) mass is 393 g/mol. The van der Waals surface area contributed by atoms with Gasteiger partial charge in [-0.1, -0.05) is 0 Å². The van der Waals surface area contributed by atoms with Crippen LogP contribution in [0.3, 0.4) is 0 Å². The van der Waals surface area contributed by atoms with Gasteiger partial charge in [0.1, 0.15) is 17.0 Å². The summed E-state index contributed by atoms with van der Waals surface area (Å²) >= 11 is 0. The van der Waals surface area contributed by atoms with Crippen molar-refractivity contribution < 1.29 is 18.3 Å². The van der Waals surface area contributed by atoms with Gasteiger partial charge >= 0.3 is 6.09 Å². The molecule has 1 aliphatic heterocycles. The number of rotatable bonds is 3. The number of hydrogen-bond donors (Lipinski definition) is 1. The molecule has 1 N–H and O–H groups in total. The van der Waals surface area contributed by atoms with E-state index >= 15 is 0 Å². The Bertz CT molecular complexity index is 969. The standard InChI is InChI=1S/C19H21F2N3O4/c1-19(2,3)28-18(27)24-8-6-23(7-9-24)15-14(16(25)17(15)26)22-11-4-5-12(20)13(21)10-11/h4-5,10,22H,6-9H2,1-3H3. The van der Waals surface area contributed by atoms with E-state index in [1.807, 2.05) is 0 Å². The smallest absolute Gasteiger partial charge is 0.410 e. The minimum atomic E-state index is -1.06. The van der Waals surface area contributed by atoms with Crippen molar-refractivity contribution in [1.82, 2.24) is 4.90 Å². The molecular weight excluding hydrogens is 372 g/mol. The first kappa shape index (κ1) is 19.8. The summed E-state index contributed by atoms with van der Waals surface area (Å²) in [5, 5.41) is 2.69. The van der Waals surface area contributed by atoms with E-state index in [1.165, 1.54) is 11.0 Å². The van der Waals surface area contributed by atoms with Crippen LogP contribution in [-0.2, 0) is 4.74 Å². The first-order valence-corrected chi connectivity index (χ1v) is 8.85. The van der Waals surface area contributed by atoms with Crippen LogP contribution in [0.2, 0.25) is 0 Å². The van der Waals surface area contributed by atoms with Crippen molar-refractivity contribution in [2.24, 2.45) is 0 Å². The number of hydrogen-bond acceptors (Lipinski definition) is 6. The summed E-state index contributed by atoms with van der Waals surface area (Å²) < 4.78 is 31.8. The normalized spacial score (nSPS) is 15.0. The lowest BCUT2D eigenvalue weighted by Crippen LogP contribution is -2.53. The molecule has 0 atom stereocenters. The SMILES string of the molecule is CC(C)(C)OC(=O)N1CCN(c2c(Nc3ccc(F)c(F)c3)c(=O)c2=O)CC1. The summed E-state index contributed by atoms with van der Waals surface area (Å²) in [5.74, 6) is -2.06. The number of amides is 1. The molecule has 0 saturated carbocycles. The summed E-state index contributed by atoms with van der Waals surface area (Å²) in [6.45, 7) is 6.69. The number of piperazine rings is 1. The number of carbonyl (C=O) groups excluding carboxylic acids is 1. The molecule has 1 heterocycles. The highest BCUT2D eigenvalue weighted by molar-refractivity contribution is 5.80. The Labute approximate surface area is 160 Å². The van der Waals surface area contributed by atoms with Crippen molar-refractivity contribution in [3.63, 3.8) is 0 Å². The maximum Gasteiger partial charge on any atom is 0.410 e. The van der Waals surface area contributed by atoms with Crippen LogP contribution in [0.4, 0.5) is 30.6 Å². The molecule has 0 aliphatic carbocycles. The van der Waals surface area contributed by atoms with Crippen molar-refractivity contribution in [3.8, 4) is 0 Å². The molecule has 1 fully saturated rings. The number of ether oxygens (including phenoxy) is 1. The van der Waals surface area contributed by atoms with Crippen molar-refractivity contribution >= 4 is 23.2 Å². The van der Waals surface area contributed by atoms with Crippen molar-refractivity contribution in [2.45, 2.75) is 26.4 Å². The van der Waals surface area contributed by atoms with E-state index in [-0.39, 0.29) is 17.1 Å². The number of halogens is 2. The van der Waals surface area contributed by atoms with E-state index in [9.17, 15) is 23.2 Å². The van der Waals surface area contributed by atoms with Gasteiger partial charge in [-0.3, -0.25) is 9.59 Å². The molecule has 28 heavy (non-hydrogen) atoms. The number of carbonyl (C=O) groups is 1. The fraction of sp³-hybridized carbons (Fsp3) is 0.421. The zero-order valence-corrected chi connectivity index (χ0v) is 15.8. The van der Waals surface area contributed by atoms with Gasteiger partial charge in [-0.2, -0.15) is 0 Å². The third-order valence-corrected chi connectivity index (χ3v) is 4.32. The van der Waals surface area contributed by atoms with Crippen LogP contribution in [0.25, 0.3) is 0 Å². The summed E-state index contributed by atoms with van der Waals surface area (Å²) in [7, 11) is 0. The van der Waals surface area contributed by atoms with Crippen LogP contribution in [0.5, 0.6) is 0 Å². The molecular formula is C19H21F2N3O4. The second kappa shape index (κ2) is 7.21. The van der Waals surface area contributed by atoms with Crippen LogP contribution in [0.1, 0.15) is 20.8 Å². The summed E-state index contributed by atoms with van der Waals surface area (Å²) in [5.41, 5.74) is -1.56. The molecule has 0 radical (unpaired) electrons. The Kier molecular flexibility index (Phi) is 5.10. The van der Waals surface area contributed by atoms with Crippen LogP contribution in [0.15, 0.2) is 27.8 Å². The van der Waals surface area contributed by atoms with Crippen LogP contribution in [0, 0.1) is 11.6 Å².